The number of rotatable bonds is 3. The molecule has 0 radical (unpaired) electrons. The van der Waals surface area contributed by atoms with Gasteiger partial charge in [-0.2, -0.15) is 15.4 Å². The van der Waals surface area contributed by atoms with E-state index in [0.717, 1.165) is 40.9 Å². The van der Waals surface area contributed by atoms with Crippen LogP contribution in [0.25, 0.3) is 11.0 Å². The van der Waals surface area contributed by atoms with Crippen LogP contribution in [-0.2, 0) is 11.2 Å². The van der Waals surface area contributed by atoms with Gasteiger partial charge in [-0.1, -0.05) is 6.07 Å². The molecule has 23 heavy (non-hydrogen) atoms. The number of nitrogens with zero attached hydrogens (tertiary/aromatic N) is 2. The molecule has 0 saturated heterocycles. The Morgan fingerprint density at radius 1 is 1.22 bits per heavy atom. The number of carbonyl (C=O) groups is 1. The SMILES string of the molecule is COc1ccc2c(c1)[C@H](C(=O)Nc1ccc3n[nH]nc3c1)CC2. The van der Waals surface area contributed by atoms with E-state index in [9.17, 15) is 4.79 Å². The van der Waals surface area contributed by atoms with Crippen molar-refractivity contribution in [2.45, 2.75) is 18.8 Å². The lowest BCUT2D eigenvalue weighted by atomic mass is 10.00. The molecule has 1 atom stereocenters. The number of carbonyl (C=O) groups excluding carboxylic acids is 1. The van der Waals surface area contributed by atoms with E-state index < -0.39 is 0 Å². The number of H-pyrrole nitrogens is 1. The van der Waals surface area contributed by atoms with E-state index in [0.29, 0.717) is 0 Å². The summed E-state index contributed by atoms with van der Waals surface area (Å²) in [5, 5.41) is 13.6. The average Bonchev–Trinajstić information content (AvgIpc) is 3.20. The standard InChI is InChI=1S/C17H16N4O2/c1-23-12-5-2-10-3-6-13(14(10)9-12)17(22)18-11-4-7-15-16(8-11)20-21-19-15/h2,4-5,7-9,13H,3,6H2,1H3,(H,18,22)(H,19,20,21)/t13-/m1/s1. The predicted molar refractivity (Wildman–Crippen MR) is 86.6 cm³/mol. The third-order valence-corrected chi connectivity index (χ3v) is 4.33. The molecular formula is C17H16N4O2. The molecule has 0 aliphatic heterocycles. The molecule has 4 rings (SSSR count). The first kappa shape index (κ1) is 13.8. The number of amides is 1. The molecule has 6 heteroatoms. The summed E-state index contributed by atoms with van der Waals surface area (Å²) in [5.74, 6) is 0.639. The van der Waals surface area contributed by atoms with Crippen molar-refractivity contribution in [3.63, 3.8) is 0 Å². The van der Waals surface area contributed by atoms with Gasteiger partial charge in [-0.25, -0.2) is 0 Å². The number of methoxy groups -OCH3 is 1. The molecule has 1 aromatic heterocycles. The molecule has 1 aliphatic carbocycles. The van der Waals surface area contributed by atoms with Crippen LogP contribution >= 0.6 is 0 Å². The van der Waals surface area contributed by atoms with Gasteiger partial charge in [0.15, 0.2) is 0 Å². The summed E-state index contributed by atoms with van der Waals surface area (Å²) in [5.41, 5.74) is 4.52. The van der Waals surface area contributed by atoms with Crippen LogP contribution in [0.15, 0.2) is 36.4 Å². The molecule has 2 N–H and O–H groups in total. The minimum atomic E-state index is -0.145. The zero-order valence-corrected chi connectivity index (χ0v) is 12.7. The van der Waals surface area contributed by atoms with Crippen LogP contribution in [0.4, 0.5) is 5.69 Å². The zero-order chi connectivity index (χ0) is 15.8. The Hall–Kier alpha value is -2.89. The quantitative estimate of drug-likeness (QED) is 0.779. The number of aryl methyl sites for hydroxylation is 1. The fourth-order valence-electron chi connectivity index (χ4n) is 3.13. The van der Waals surface area contributed by atoms with Gasteiger partial charge in [0.05, 0.1) is 13.0 Å². The van der Waals surface area contributed by atoms with Crippen molar-refractivity contribution in [1.29, 1.82) is 0 Å². The maximum Gasteiger partial charge on any atom is 0.231 e. The molecule has 2 aromatic carbocycles. The fourth-order valence-corrected chi connectivity index (χ4v) is 3.13. The Morgan fingerprint density at radius 2 is 2.09 bits per heavy atom. The predicted octanol–water partition coefficient (Wildman–Crippen LogP) is 2.64. The van der Waals surface area contributed by atoms with Gasteiger partial charge in [0.25, 0.3) is 0 Å². The largest absolute Gasteiger partial charge is 0.497 e. The lowest BCUT2D eigenvalue weighted by Crippen LogP contribution is -2.19. The molecule has 0 fully saturated rings. The monoisotopic (exact) mass is 308 g/mol. The second-order valence-corrected chi connectivity index (χ2v) is 5.67. The van der Waals surface area contributed by atoms with E-state index in [1.54, 1.807) is 7.11 Å². The molecule has 0 bridgehead atoms. The Morgan fingerprint density at radius 3 is 2.96 bits per heavy atom. The zero-order valence-electron chi connectivity index (χ0n) is 12.7. The first-order chi connectivity index (χ1) is 11.2. The fraction of sp³-hybridized carbons (Fsp3) is 0.235. The van der Waals surface area contributed by atoms with E-state index in [2.05, 4.69) is 20.7 Å². The first-order valence-corrected chi connectivity index (χ1v) is 7.53. The lowest BCUT2D eigenvalue weighted by Gasteiger charge is -2.13. The second kappa shape index (κ2) is 5.39. The van der Waals surface area contributed by atoms with Crippen molar-refractivity contribution < 1.29 is 9.53 Å². The molecule has 116 valence electrons. The number of hydrogen-bond donors (Lipinski definition) is 2. The number of nitrogens with one attached hydrogen (secondary N) is 2. The van der Waals surface area contributed by atoms with Gasteiger partial charge in [0, 0.05) is 5.69 Å². The highest BCUT2D eigenvalue weighted by Crippen LogP contribution is 2.36. The lowest BCUT2D eigenvalue weighted by molar-refractivity contribution is -0.117. The third-order valence-electron chi connectivity index (χ3n) is 4.33. The Bertz CT molecular complexity index is 887. The second-order valence-electron chi connectivity index (χ2n) is 5.67. The van der Waals surface area contributed by atoms with Gasteiger partial charge in [0.2, 0.25) is 5.91 Å². The molecule has 0 unspecified atom stereocenters. The molecule has 3 aromatic rings. The average molecular weight is 308 g/mol. The summed E-state index contributed by atoms with van der Waals surface area (Å²) in [6.45, 7) is 0. The van der Waals surface area contributed by atoms with Crippen LogP contribution in [0.2, 0.25) is 0 Å². The van der Waals surface area contributed by atoms with Crippen molar-refractivity contribution in [3.8, 4) is 5.75 Å². The topological polar surface area (TPSA) is 79.9 Å². The minimum Gasteiger partial charge on any atom is -0.497 e. The van der Waals surface area contributed by atoms with Gasteiger partial charge in [0.1, 0.15) is 16.8 Å². The number of aromatic amines is 1. The number of aromatic nitrogens is 3. The summed E-state index contributed by atoms with van der Waals surface area (Å²) in [7, 11) is 1.64. The minimum absolute atomic E-state index is 0.000141. The third kappa shape index (κ3) is 2.42. The molecule has 1 amide bonds. The highest BCUT2D eigenvalue weighted by molar-refractivity contribution is 5.97. The summed E-state index contributed by atoms with van der Waals surface area (Å²) >= 11 is 0. The van der Waals surface area contributed by atoms with Crippen LogP contribution in [0.5, 0.6) is 5.75 Å². The normalized spacial score (nSPS) is 16.3. The van der Waals surface area contributed by atoms with Gasteiger partial charge >= 0.3 is 0 Å². The van der Waals surface area contributed by atoms with Gasteiger partial charge in [-0.15, -0.1) is 0 Å². The number of hydrogen-bond acceptors (Lipinski definition) is 4. The van der Waals surface area contributed by atoms with Crippen LogP contribution in [-0.4, -0.2) is 28.4 Å². The number of ether oxygens (including phenoxy) is 1. The van der Waals surface area contributed by atoms with Crippen molar-refractivity contribution in [2.24, 2.45) is 0 Å². The molecule has 6 nitrogen and oxygen atoms in total. The smallest absolute Gasteiger partial charge is 0.231 e. The van der Waals surface area contributed by atoms with Crippen LogP contribution in [0.3, 0.4) is 0 Å². The maximum atomic E-state index is 12.7. The molecular weight excluding hydrogens is 292 g/mol. The number of anilines is 1. The van der Waals surface area contributed by atoms with Crippen molar-refractivity contribution >= 4 is 22.6 Å². The maximum absolute atomic E-state index is 12.7. The van der Waals surface area contributed by atoms with Crippen LogP contribution in [0.1, 0.15) is 23.5 Å². The van der Waals surface area contributed by atoms with Crippen LogP contribution < -0.4 is 10.1 Å². The number of benzene rings is 2. The Kier molecular flexibility index (Phi) is 3.22. The van der Waals surface area contributed by atoms with Crippen molar-refractivity contribution in [2.75, 3.05) is 12.4 Å². The molecule has 1 aliphatic rings. The first-order valence-electron chi connectivity index (χ1n) is 7.53. The molecule has 0 spiro atoms. The summed E-state index contributed by atoms with van der Waals surface area (Å²) in [6, 6.07) is 11.4. The number of fused-ring (bicyclic) bond motifs is 2. The van der Waals surface area contributed by atoms with E-state index >= 15 is 0 Å². The van der Waals surface area contributed by atoms with Gasteiger partial charge in [-0.05, 0) is 54.3 Å². The van der Waals surface area contributed by atoms with Gasteiger partial charge in [-0.3, -0.25) is 4.79 Å². The van der Waals surface area contributed by atoms with Crippen molar-refractivity contribution in [1.82, 2.24) is 15.4 Å². The van der Waals surface area contributed by atoms with Gasteiger partial charge < -0.3 is 10.1 Å². The summed E-state index contributed by atoms with van der Waals surface area (Å²) in [4.78, 5) is 12.7. The van der Waals surface area contributed by atoms with E-state index in [1.807, 2.05) is 36.4 Å². The van der Waals surface area contributed by atoms with E-state index in [4.69, 9.17) is 4.74 Å². The van der Waals surface area contributed by atoms with E-state index in [-0.39, 0.29) is 11.8 Å². The molecule has 0 saturated carbocycles. The summed E-state index contributed by atoms with van der Waals surface area (Å²) < 4.78 is 5.27. The Labute approximate surface area is 132 Å². The van der Waals surface area contributed by atoms with Crippen molar-refractivity contribution in [3.05, 3.63) is 47.5 Å². The highest BCUT2D eigenvalue weighted by Gasteiger charge is 2.29. The molecule has 1 heterocycles. The van der Waals surface area contributed by atoms with Crippen LogP contribution in [0, 0.1) is 0 Å². The Balaban J connectivity index is 1.58. The summed E-state index contributed by atoms with van der Waals surface area (Å²) in [6.07, 6.45) is 1.74. The highest BCUT2D eigenvalue weighted by atomic mass is 16.5. The van der Waals surface area contributed by atoms with E-state index in [1.165, 1.54) is 5.56 Å².